The molecule has 5 nitrogen and oxygen atoms in total. The summed E-state index contributed by atoms with van der Waals surface area (Å²) in [6.07, 6.45) is -0.553. The van der Waals surface area contributed by atoms with Gasteiger partial charge in [-0.1, -0.05) is 12.1 Å². The fraction of sp³-hybridized carbons (Fsp3) is 0.533. The molecule has 1 rings (SSSR count). The molecular formula is C15H24N2O3. The standard InChI is InChI=1S/C15H24N2O3/c1-10-9-11(13(18)7-8-16)5-6-12(10)17-14(19)20-15(2,3)4/h5-6,9,13,18H,7-8,16H2,1-4H3,(H,17,19)/t13-/m0/s1. The minimum Gasteiger partial charge on any atom is -0.444 e. The summed E-state index contributed by atoms with van der Waals surface area (Å²) in [6.45, 7) is 7.73. The van der Waals surface area contributed by atoms with Gasteiger partial charge in [-0.25, -0.2) is 4.79 Å². The molecule has 0 heterocycles. The number of aliphatic hydroxyl groups is 1. The molecule has 4 N–H and O–H groups in total. The fourth-order valence-electron chi connectivity index (χ4n) is 1.77. The van der Waals surface area contributed by atoms with Crippen molar-refractivity contribution in [1.82, 2.24) is 0 Å². The van der Waals surface area contributed by atoms with E-state index in [2.05, 4.69) is 5.32 Å². The van der Waals surface area contributed by atoms with Crippen LogP contribution in [0, 0.1) is 6.92 Å². The predicted octanol–water partition coefficient (Wildman–Crippen LogP) is 2.72. The number of benzene rings is 1. The maximum atomic E-state index is 11.7. The quantitative estimate of drug-likeness (QED) is 0.791. The highest BCUT2D eigenvalue weighted by Crippen LogP contribution is 2.23. The third-order valence-corrected chi connectivity index (χ3v) is 2.71. The van der Waals surface area contributed by atoms with Crippen LogP contribution >= 0.6 is 0 Å². The van der Waals surface area contributed by atoms with Gasteiger partial charge in [0.05, 0.1) is 6.10 Å². The van der Waals surface area contributed by atoms with Gasteiger partial charge in [0, 0.05) is 5.69 Å². The number of carbonyl (C=O) groups is 1. The van der Waals surface area contributed by atoms with E-state index in [1.165, 1.54) is 0 Å². The summed E-state index contributed by atoms with van der Waals surface area (Å²) in [6, 6.07) is 5.38. The van der Waals surface area contributed by atoms with E-state index < -0.39 is 17.8 Å². The molecule has 0 aliphatic rings. The number of anilines is 1. The lowest BCUT2D eigenvalue weighted by Crippen LogP contribution is -2.27. The van der Waals surface area contributed by atoms with Crippen LogP contribution in [0.2, 0.25) is 0 Å². The Bertz CT molecular complexity index is 467. The van der Waals surface area contributed by atoms with Crippen molar-refractivity contribution in [3.63, 3.8) is 0 Å². The zero-order valence-electron chi connectivity index (χ0n) is 12.6. The van der Waals surface area contributed by atoms with Crippen LogP contribution in [0.25, 0.3) is 0 Å². The molecule has 0 saturated carbocycles. The van der Waals surface area contributed by atoms with E-state index in [9.17, 15) is 9.90 Å². The van der Waals surface area contributed by atoms with Gasteiger partial charge < -0.3 is 15.6 Å². The van der Waals surface area contributed by atoms with E-state index in [4.69, 9.17) is 10.5 Å². The van der Waals surface area contributed by atoms with Gasteiger partial charge in [0.25, 0.3) is 0 Å². The minimum absolute atomic E-state index is 0.429. The number of carbonyl (C=O) groups excluding carboxylic acids is 1. The average molecular weight is 280 g/mol. The number of aliphatic hydroxyl groups excluding tert-OH is 1. The fourth-order valence-corrected chi connectivity index (χ4v) is 1.77. The number of nitrogens with one attached hydrogen (secondary N) is 1. The lowest BCUT2D eigenvalue weighted by Gasteiger charge is -2.20. The summed E-state index contributed by atoms with van der Waals surface area (Å²) in [5, 5.41) is 12.6. The van der Waals surface area contributed by atoms with E-state index >= 15 is 0 Å². The second kappa shape index (κ2) is 6.72. The third-order valence-electron chi connectivity index (χ3n) is 2.71. The van der Waals surface area contributed by atoms with Crippen LogP contribution in [0.15, 0.2) is 18.2 Å². The molecule has 112 valence electrons. The number of nitrogens with two attached hydrogens (primary N) is 1. The predicted molar refractivity (Wildman–Crippen MR) is 79.7 cm³/mol. The van der Waals surface area contributed by atoms with E-state index in [-0.39, 0.29) is 0 Å². The van der Waals surface area contributed by atoms with Gasteiger partial charge in [0.1, 0.15) is 5.60 Å². The molecule has 0 aliphatic carbocycles. The zero-order valence-corrected chi connectivity index (χ0v) is 12.6. The lowest BCUT2D eigenvalue weighted by molar-refractivity contribution is 0.0636. The molecule has 0 unspecified atom stereocenters. The first kappa shape index (κ1) is 16.5. The van der Waals surface area contributed by atoms with Crippen molar-refractivity contribution < 1.29 is 14.6 Å². The monoisotopic (exact) mass is 280 g/mol. The maximum absolute atomic E-state index is 11.7. The Hall–Kier alpha value is -1.59. The average Bonchev–Trinajstić information content (AvgIpc) is 2.29. The zero-order chi connectivity index (χ0) is 15.3. The van der Waals surface area contributed by atoms with Crippen molar-refractivity contribution in [3.8, 4) is 0 Å². The summed E-state index contributed by atoms with van der Waals surface area (Å²) in [5.74, 6) is 0. The molecule has 1 aromatic carbocycles. The molecule has 0 aromatic heterocycles. The molecule has 20 heavy (non-hydrogen) atoms. The molecule has 1 aromatic rings. The van der Waals surface area contributed by atoms with Crippen LogP contribution in [0.3, 0.4) is 0 Å². The van der Waals surface area contributed by atoms with Gasteiger partial charge in [-0.15, -0.1) is 0 Å². The maximum Gasteiger partial charge on any atom is 0.412 e. The van der Waals surface area contributed by atoms with Crippen LogP contribution in [-0.2, 0) is 4.74 Å². The number of hydrogen-bond donors (Lipinski definition) is 3. The van der Waals surface area contributed by atoms with Gasteiger partial charge in [0.2, 0.25) is 0 Å². The van der Waals surface area contributed by atoms with Crippen molar-refractivity contribution in [2.75, 3.05) is 11.9 Å². The van der Waals surface area contributed by atoms with Crippen molar-refractivity contribution in [2.24, 2.45) is 5.73 Å². The minimum atomic E-state index is -0.575. The topological polar surface area (TPSA) is 84.6 Å². The Labute approximate surface area is 120 Å². The van der Waals surface area contributed by atoms with Crippen LogP contribution in [0.5, 0.6) is 0 Å². The molecule has 0 saturated heterocycles. The van der Waals surface area contributed by atoms with Gasteiger partial charge in [-0.2, -0.15) is 0 Å². The smallest absolute Gasteiger partial charge is 0.412 e. The van der Waals surface area contributed by atoms with Crippen molar-refractivity contribution in [2.45, 2.75) is 45.8 Å². The molecule has 0 radical (unpaired) electrons. The second-order valence-corrected chi connectivity index (χ2v) is 5.79. The Balaban J connectivity index is 2.76. The Morgan fingerprint density at radius 1 is 1.45 bits per heavy atom. The van der Waals surface area contributed by atoms with Crippen LogP contribution in [0.1, 0.15) is 44.4 Å². The highest BCUT2D eigenvalue weighted by molar-refractivity contribution is 5.85. The Morgan fingerprint density at radius 3 is 2.60 bits per heavy atom. The second-order valence-electron chi connectivity index (χ2n) is 5.79. The normalized spacial score (nSPS) is 12.9. The summed E-state index contributed by atoms with van der Waals surface area (Å²) in [5.41, 5.74) is 7.22. The van der Waals surface area contributed by atoms with Crippen LogP contribution < -0.4 is 11.1 Å². The molecule has 1 atom stereocenters. The number of rotatable bonds is 4. The van der Waals surface area contributed by atoms with Crippen molar-refractivity contribution >= 4 is 11.8 Å². The van der Waals surface area contributed by atoms with Crippen molar-refractivity contribution in [1.29, 1.82) is 0 Å². The largest absolute Gasteiger partial charge is 0.444 e. The molecule has 0 fully saturated rings. The Kier molecular flexibility index (Phi) is 5.53. The van der Waals surface area contributed by atoms with Gasteiger partial charge in [-0.05, 0) is 57.9 Å². The highest BCUT2D eigenvalue weighted by atomic mass is 16.6. The third kappa shape index (κ3) is 5.19. The molecule has 0 aliphatic heterocycles. The van der Waals surface area contributed by atoms with E-state index in [1.807, 2.05) is 33.8 Å². The van der Waals surface area contributed by atoms with Crippen LogP contribution in [-0.4, -0.2) is 23.3 Å². The molecule has 5 heteroatoms. The first-order chi connectivity index (χ1) is 9.23. The number of amides is 1. The first-order valence-corrected chi connectivity index (χ1v) is 6.71. The summed E-state index contributed by atoms with van der Waals surface area (Å²) in [7, 11) is 0. The number of ether oxygens (including phenoxy) is 1. The highest BCUT2D eigenvalue weighted by Gasteiger charge is 2.17. The van der Waals surface area contributed by atoms with Gasteiger partial charge in [0.15, 0.2) is 0 Å². The summed E-state index contributed by atoms with van der Waals surface area (Å²) >= 11 is 0. The van der Waals surface area contributed by atoms with Gasteiger partial charge in [-0.3, -0.25) is 5.32 Å². The van der Waals surface area contributed by atoms with Gasteiger partial charge >= 0.3 is 6.09 Å². The van der Waals surface area contributed by atoms with E-state index in [0.717, 1.165) is 11.1 Å². The van der Waals surface area contributed by atoms with E-state index in [1.54, 1.807) is 12.1 Å². The first-order valence-electron chi connectivity index (χ1n) is 6.71. The van der Waals surface area contributed by atoms with Crippen molar-refractivity contribution in [3.05, 3.63) is 29.3 Å². The molecule has 0 spiro atoms. The molecule has 1 amide bonds. The summed E-state index contributed by atoms with van der Waals surface area (Å²) < 4.78 is 5.20. The number of hydrogen-bond acceptors (Lipinski definition) is 4. The van der Waals surface area contributed by atoms with Crippen LogP contribution in [0.4, 0.5) is 10.5 Å². The SMILES string of the molecule is Cc1cc([C@@H](O)CCN)ccc1NC(=O)OC(C)(C)C. The lowest BCUT2D eigenvalue weighted by atomic mass is 10.0. The Morgan fingerprint density at radius 2 is 2.10 bits per heavy atom. The van der Waals surface area contributed by atoms with E-state index in [0.29, 0.717) is 18.7 Å². The number of aryl methyl sites for hydroxylation is 1. The molecular weight excluding hydrogens is 256 g/mol. The molecule has 0 bridgehead atoms. The summed E-state index contributed by atoms with van der Waals surface area (Å²) in [4.78, 5) is 11.7.